The topological polar surface area (TPSA) is 80.3 Å². The number of nitrogens with one attached hydrogen (secondary N) is 1. The summed E-state index contributed by atoms with van der Waals surface area (Å²) in [6.45, 7) is 4.15. The van der Waals surface area contributed by atoms with E-state index in [9.17, 15) is 14.3 Å². The van der Waals surface area contributed by atoms with E-state index in [1.54, 1.807) is 7.11 Å². The minimum atomic E-state index is -0.537. The molecule has 0 saturated carbocycles. The van der Waals surface area contributed by atoms with Gasteiger partial charge in [-0.1, -0.05) is 0 Å². The van der Waals surface area contributed by atoms with Crippen LogP contribution in [-0.4, -0.2) is 75.1 Å². The number of likely N-dealkylation sites (tertiary alicyclic amines) is 1. The molecule has 1 fully saturated rings. The van der Waals surface area contributed by atoms with Crippen LogP contribution in [0.2, 0.25) is 0 Å². The minimum absolute atomic E-state index is 0.00504. The van der Waals surface area contributed by atoms with Crippen molar-refractivity contribution in [2.75, 3.05) is 53.1 Å². The Bertz CT molecular complexity index is 672. The van der Waals surface area contributed by atoms with Gasteiger partial charge in [-0.15, -0.1) is 0 Å². The van der Waals surface area contributed by atoms with Gasteiger partial charge in [0.15, 0.2) is 17.3 Å². The van der Waals surface area contributed by atoms with E-state index in [0.29, 0.717) is 39.3 Å². The number of nitrogens with zero attached hydrogens (tertiary/aromatic N) is 1. The Balaban J connectivity index is 1.55. The van der Waals surface area contributed by atoms with E-state index in [2.05, 4.69) is 10.2 Å². The Kier molecular flexibility index (Phi) is 7.47. The van der Waals surface area contributed by atoms with Crippen LogP contribution in [0.1, 0.15) is 29.6 Å². The highest BCUT2D eigenvalue weighted by molar-refractivity contribution is 5.97. The summed E-state index contributed by atoms with van der Waals surface area (Å²) < 4.78 is 30.0. The summed E-state index contributed by atoms with van der Waals surface area (Å²) in [4.78, 5) is 14.9. The van der Waals surface area contributed by atoms with Crippen molar-refractivity contribution >= 4 is 5.91 Å². The monoisotopic (exact) mass is 396 g/mol. The summed E-state index contributed by atoms with van der Waals surface area (Å²) in [5, 5.41) is 13.3. The number of β-amino-alcohol motifs (C(OH)–C–C–N with tert-alkyl or cyclic N) is 1. The van der Waals surface area contributed by atoms with Gasteiger partial charge in [-0.25, -0.2) is 4.39 Å². The number of hydrogen-bond donors (Lipinski definition) is 2. The molecule has 2 aliphatic rings. The largest absolute Gasteiger partial charge is 0.489 e. The molecule has 0 spiro atoms. The van der Waals surface area contributed by atoms with E-state index >= 15 is 0 Å². The number of methoxy groups -OCH3 is 1. The zero-order valence-electron chi connectivity index (χ0n) is 16.3. The molecule has 156 valence electrons. The Labute approximate surface area is 164 Å². The number of carbonyl (C=O) groups is 1. The number of carbonyl (C=O) groups excluding carboxylic acids is 1. The molecule has 0 radical (unpaired) electrons. The third-order valence-electron chi connectivity index (χ3n) is 5.24. The second-order valence-electron chi connectivity index (χ2n) is 7.28. The lowest BCUT2D eigenvalue weighted by molar-refractivity contribution is 0.0192. The lowest BCUT2D eigenvalue weighted by Gasteiger charge is -2.36. The van der Waals surface area contributed by atoms with Crippen LogP contribution in [0.4, 0.5) is 4.39 Å². The summed E-state index contributed by atoms with van der Waals surface area (Å²) in [7, 11) is 1.68. The van der Waals surface area contributed by atoms with Crippen molar-refractivity contribution in [3.63, 3.8) is 0 Å². The SMILES string of the molecule is COCCCN1CC[C@@H](CNC(=O)c2ccc(F)c3c2OCCCO3)[C@H](O)C1. The second-order valence-corrected chi connectivity index (χ2v) is 7.28. The van der Waals surface area contributed by atoms with Crippen LogP contribution in [-0.2, 0) is 4.74 Å². The summed E-state index contributed by atoms with van der Waals surface area (Å²) in [6, 6.07) is 2.63. The Morgan fingerprint density at radius 2 is 2.14 bits per heavy atom. The third-order valence-corrected chi connectivity index (χ3v) is 5.24. The molecule has 1 saturated heterocycles. The Morgan fingerprint density at radius 3 is 2.89 bits per heavy atom. The van der Waals surface area contributed by atoms with Crippen molar-refractivity contribution in [2.45, 2.75) is 25.4 Å². The zero-order chi connectivity index (χ0) is 19.9. The average Bonchev–Trinajstić information content (AvgIpc) is 2.94. The molecule has 7 nitrogen and oxygen atoms in total. The van der Waals surface area contributed by atoms with Gasteiger partial charge in [0.05, 0.1) is 24.9 Å². The van der Waals surface area contributed by atoms with Crippen LogP contribution in [0.15, 0.2) is 12.1 Å². The van der Waals surface area contributed by atoms with Crippen LogP contribution in [0, 0.1) is 11.7 Å². The predicted molar refractivity (Wildman–Crippen MR) is 101 cm³/mol. The molecule has 8 heteroatoms. The molecule has 1 aromatic rings. The molecule has 0 bridgehead atoms. The fourth-order valence-corrected chi connectivity index (χ4v) is 3.64. The molecule has 2 atom stereocenters. The second kappa shape index (κ2) is 10.0. The number of rotatable bonds is 7. The number of piperidine rings is 1. The lowest BCUT2D eigenvalue weighted by Crippen LogP contribution is -2.48. The number of benzene rings is 1. The Morgan fingerprint density at radius 1 is 1.36 bits per heavy atom. The highest BCUT2D eigenvalue weighted by Gasteiger charge is 2.29. The van der Waals surface area contributed by atoms with Crippen molar-refractivity contribution in [3.8, 4) is 11.5 Å². The van der Waals surface area contributed by atoms with E-state index in [1.165, 1.54) is 12.1 Å². The summed E-state index contributed by atoms with van der Waals surface area (Å²) in [5.41, 5.74) is 0.254. The van der Waals surface area contributed by atoms with Gasteiger partial charge >= 0.3 is 0 Å². The average molecular weight is 396 g/mol. The molecule has 1 aromatic carbocycles. The summed E-state index contributed by atoms with van der Waals surface area (Å²) in [5.74, 6) is -0.752. The van der Waals surface area contributed by atoms with Crippen molar-refractivity contribution in [2.24, 2.45) is 5.92 Å². The van der Waals surface area contributed by atoms with Crippen molar-refractivity contribution in [1.29, 1.82) is 0 Å². The van der Waals surface area contributed by atoms with Gasteiger partial charge in [0.2, 0.25) is 0 Å². The fraction of sp³-hybridized carbons (Fsp3) is 0.650. The van der Waals surface area contributed by atoms with Crippen molar-refractivity contribution < 1.29 is 28.5 Å². The standard InChI is InChI=1S/C20H29FN2O5/c1-26-9-2-7-23-8-6-14(17(24)13-23)12-22-20(25)15-4-5-16(21)19-18(15)27-10-3-11-28-19/h4-5,14,17,24H,2-3,6-13H2,1H3,(H,22,25)/t14-,17+/m0/s1. The predicted octanol–water partition coefficient (Wildman–Crippen LogP) is 1.44. The first-order valence-electron chi connectivity index (χ1n) is 9.85. The van der Waals surface area contributed by atoms with Crippen LogP contribution < -0.4 is 14.8 Å². The molecule has 28 heavy (non-hydrogen) atoms. The maximum atomic E-state index is 14.0. The van der Waals surface area contributed by atoms with Crippen molar-refractivity contribution in [1.82, 2.24) is 10.2 Å². The number of aliphatic hydroxyl groups excluding tert-OH is 1. The van der Waals surface area contributed by atoms with Gasteiger partial charge in [-0.2, -0.15) is 0 Å². The molecular formula is C20H29FN2O5. The maximum absolute atomic E-state index is 14.0. The van der Waals surface area contributed by atoms with E-state index in [4.69, 9.17) is 14.2 Å². The highest BCUT2D eigenvalue weighted by Crippen LogP contribution is 2.36. The minimum Gasteiger partial charge on any atom is -0.489 e. The molecule has 2 heterocycles. The maximum Gasteiger partial charge on any atom is 0.255 e. The number of halogens is 1. The smallest absolute Gasteiger partial charge is 0.255 e. The van der Waals surface area contributed by atoms with Gasteiger partial charge < -0.3 is 29.5 Å². The Hall–Kier alpha value is -1.90. The molecule has 2 aliphatic heterocycles. The van der Waals surface area contributed by atoms with Gasteiger partial charge in [-0.05, 0) is 31.5 Å². The molecule has 0 unspecified atom stereocenters. The normalized spacial score (nSPS) is 22.5. The summed E-state index contributed by atoms with van der Waals surface area (Å²) >= 11 is 0. The van der Waals surface area contributed by atoms with Gasteiger partial charge in [0.25, 0.3) is 5.91 Å². The zero-order valence-corrected chi connectivity index (χ0v) is 16.3. The number of fused-ring (bicyclic) bond motifs is 1. The molecule has 0 aromatic heterocycles. The number of amides is 1. The first-order chi connectivity index (χ1) is 13.6. The molecular weight excluding hydrogens is 367 g/mol. The molecule has 2 N–H and O–H groups in total. The molecule has 1 amide bonds. The summed E-state index contributed by atoms with van der Waals surface area (Å²) in [6.07, 6.45) is 1.86. The van der Waals surface area contributed by atoms with E-state index < -0.39 is 11.9 Å². The van der Waals surface area contributed by atoms with E-state index in [0.717, 1.165) is 25.9 Å². The van der Waals surface area contributed by atoms with Gasteiger partial charge in [0, 0.05) is 45.7 Å². The number of ether oxygens (including phenoxy) is 3. The molecule has 3 rings (SSSR count). The number of aliphatic hydroxyl groups is 1. The first-order valence-corrected chi connectivity index (χ1v) is 9.85. The lowest BCUT2D eigenvalue weighted by atomic mass is 9.93. The van der Waals surface area contributed by atoms with Crippen LogP contribution in [0.25, 0.3) is 0 Å². The fourth-order valence-electron chi connectivity index (χ4n) is 3.64. The number of hydrogen-bond acceptors (Lipinski definition) is 6. The quantitative estimate of drug-likeness (QED) is 0.679. The highest BCUT2D eigenvalue weighted by atomic mass is 19.1. The van der Waals surface area contributed by atoms with Crippen LogP contribution in [0.3, 0.4) is 0 Å². The van der Waals surface area contributed by atoms with Crippen molar-refractivity contribution in [3.05, 3.63) is 23.5 Å². The van der Waals surface area contributed by atoms with Gasteiger partial charge in [-0.3, -0.25) is 4.79 Å². The third kappa shape index (κ3) is 5.12. The van der Waals surface area contributed by atoms with Crippen LogP contribution in [0.5, 0.6) is 11.5 Å². The van der Waals surface area contributed by atoms with E-state index in [1.807, 2.05) is 0 Å². The first kappa shape index (κ1) is 20.8. The molecule has 0 aliphatic carbocycles. The van der Waals surface area contributed by atoms with E-state index in [-0.39, 0.29) is 28.9 Å². The van der Waals surface area contributed by atoms with Gasteiger partial charge in [0.1, 0.15) is 0 Å². The van der Waals surface area contributed by atoms with Crippen LogP contribution >= 0.6 is 0 Å².